The Labute approximate surface area is 147 Å². The van der Waals surface area contributed by atoms with Gasteiger partial charge in [0.05, 0.1) is 12.5 Å². The lowest BCUT2D eigenvalue weighted by atomic mass is 9.99. The highest BCUT2D eigenvalue weighted by Gasteiger charge is 2.22. The van der Waals surface area contributed by atoms with Crippen molar-refractivity contribution in [1.82, 2.24) is 10.6 Å². The summed E-state index contributed by atoms with van der Waals surface area (Å²) in [6, 6.07) is 10.0. The van der Waals surface area contributed by atoms with Gasteiger partial charge in [-0.3, -0.25) is 9.59 Å². The maximum atomic E-state index is 12.2. The Morgan fingerprint density at radius 1 is 1.38 bits per heavy atom. The Bertz CT molecular complexity index is 518. The van der Waals surface area contributed by atoms with E-state index in [1.54, 1.807) is 6.92 Å². The standard InChI is InChI=1S/C18H26N2O3S/c1-2-23-18(22)15(10-14-6-4-3-5-7-14)12-20-17(21)11-16-13-24-9-8-19-16/h3-7,15-16,19H,2,8-13H2,1H3,(H,20,21). The molecule has 2 rings (SSSR count). The van der Waals surface area contributed by atoms with Gasteiger partial charge in [0.1, 0.15) is 0 Å². The molecular formula is C18H26N2O3S. The zero-order chi connectivity index (χ0) is 17.2. The number of benzene rings is 1. The first-order valence-corrected chi connectivity index (χ1v) is 9.63. The summed E-state index contributed by atoms with van der Waals surface area (Å²) >= 11 is 1.87. The van der Waals surface area contributed by atoms with Gasteiger partial charge in [-0.2, -0.15) is 11.8 Å². The summed E-state index contributed by atoms with van der Waals surface area (Å²) < 4.78 is 5.15. The number of thioether (sulfide) groups is 1. The molecule has 2 N–H and O–H groups in total. The minimum absolute atomic E-state index is 0.0163. The smallest absolute Gasteiger partial charge is 0.311 e. The average molecular weight is 350 g/mol. The summed E-state index contributed by atoms with van der Waals surface area (Å²) in [7, 11) is 0. The van der Waals surface area contributed by atoms with Crippen molar-refractivity contribution in [2.75, 3.05) is 31.2 Å². The number of carbonyl (C=O) groups excluding carboxylic acids is 2. The van der Waals surface area contributed by atoms with E-state index in [9.17, 15) is 9.59 Å². The molecule has 5 nitrogen and oxygen atoms in total. The van der Waals surface area contributed by atoms with Crippen LogP contribution >= 0.6 is 11.8 Å². The molecule has 0 bridgehead atoms. The monoisotopic (exact) mass is 350 g/mol. The molecule has 1 aromatic carbocycles. The number of hydrogen-bond acceptors (Lipinski definition) is 5. The molecular weight excluding hydrogens is 324 g/mol. The van der Waals surface area contributed by atoms with Crippen LogP contribution in [0.15, 0.2) is 30.3 Å². The largest absolute Gasteiger partial charge is 0.466 e. The van der Waals surface area contributed by atoms with Gasteiger partial charge in [-0.05, 0) is 18.9 Å². The van der Waals surface area contributed by atoms with Gasteiger partial charge in [0.2, 0.25) is 5.91 Å². The van der Waals surface area contributed by atoms with E-state index in [1.807, 2.05) is 42.1 Å². The predicted molar refractivity (Wildman–Crippen MR) is 97.0 cm³/mol. The molecule has 24 heavy (non-hydrogen) atoms. The Morgan fingerprint density at radius 3 is 2.83 bits per heavy atom. The van der Waals surface area contributed by atoms with E-state index in [0.717, 1.165) is 23.6 Å². The first-order valence-electron chi connectivity index (χ1n) is 8.47. The van der Waals surface area contributed by atoms with Gasteiger partial charge in [-0.1, -0.05) is 30.3 Å². The summed E-state index contributed by atoms with van der Waals surface area (Å²) in [5.41, 5.74) is 1.06. The maximum absolute atomic E-state index is 12.2. The van der Waals surface area contributed by atoms with E-state index >= 15 is 0 Å². The van der Waals surface area contributed by atoms with E-state index in [-0.39, 0.29) is 23.8 Å². The Hall–Kier alpha value is -1.53. The lowest BCUT2D eigenvalue weighted by Crippen LogP contribution is -2.42. The molecule has 1 heterocycles. The molecule has 1 saturated heterocycles. The Morgan fingerprint density at radius 2 is 2.17 bits per heavy atom. The quantitative estimate of drug-likeness (QED) is 0.698. The van der Waals surface area contributed by atoms with Crippen molar-refractivity contribution in [2.45, 2.75) is 25.8 Å². The average Bonchev–Trinajstić information content (AvgIpc) is 2.60. The summed E-state index contributed by atoms with van der Waals surface area (Å²) in [6.07, 6.45) is 1.02. The van der Waals surface area contributed by atoms with E-state index in [0.29, 0.717) is 26.0 Å². The highest BCUT2D eigenvalue weighted by molar-refractivity contribution is 7.99. The van der Waals surface area contributed by atoms with Crippen molar-refractivity contribution in [2.24, 2.45) is 5.92 Å². The van der Waals surface area contributed by atoms with Crippen LogP contribution in [0.25, 0.3) is 0 Å². The summed E-state index contributed by atoms with van der Waals surface area (Å²) in [6.45, 7) is 3.40. The second-order valence-electron chi connectivity index (χ2n) is 5.87. The highest BCUT2D eigenvalue weighted by Crippen LogP contribution is 2.12. The predicted octanol–water partition coefficient (Wildman–Crippen LogP) is 1.62. The lowest BCUT2D eigenvalue weighted by molar-refractivity contribution is -0.147. The normalized spacial score (nSPS) is 18.6. The zero-order valence-corrected chi connectivity index (χ0v) is 14.9. The summed E-state index contributed by atoms with van der Waals surface area (Å²) in [5.74, 6) is 1.43. The fraction of sp³-hybridized carbons (Fsp3) is 0.556. The molecule has 0 saturated carbocycles. The molecule has 0 aliphatic carbocycles. The van der Waals surface area contributed by atoms with Crippen LogP contribution in [0.3, 0.4) is 0 Å². The van der Waals surface area contributed by atoms with Crippen LogP contribution in [0.5, 0.6) is 0 Å². The van der Waals surface area contributed by atoms with E-state index in [2.05, 4.69) is 10.6 Å². The number of ether oxygens (including phenoxy) is 1. The van der Waals surface area contributed by atoms with Crippen molar-refractivity contribution >= 4 is 23.6 Å². The molecule has 1 amide bonds. The third-order valence-electron chi connectivity index (χ3n) is 3.92. The number of esters is 1. The Kier molecular flexibility index (Phi) is 8.12. The van der Waals surface area contributed by atoms with Crippen molar-refractivity contribution < 1.29 is 14.3 Å². The zero-order valence-electron chi connectivity index (χ0n) is 14.1. The summed E-state index contributed by atoms with van der Waals surface area (Å²) in [5, 5.41) is 6.25. The first-order chi connectivity index (χ1) is 11.7. The second-order valence-corrected chi connectivity index (χ2v) is 7.02. The van der Waals surface area contributed by atoms with Crippen LogP contribution < -0.4 is 10.6 Å². The van der Waals surface area contributed by atoms with Crippen molar-refractivity contribution in [3.05, 3.63) is 35.9 Å². The van der Waals surface area contributed by atoms with Gasteiger partial charge < -0.3 is 15.4 Å². The van der Waals surface area contributed by atoms with Gasteiger partial charge in [0.25, 0.3) is 0 Å². The van der Waals surface area contributed by atoms with Crippen LogP contribution in [-0.4, -0.2) is 49.1 Å². The third-order valence-corrected chi connectivity index (χ3v) is 5.05. The van der Waals surface area contributed by atoms with Gasteiger partial charge in [0, 0.05) is 37.1 Å². The minimum Gasteiger partial charge on any atom is -0.466 e. The molecule has 6 heteroatoms. The second kappa shape index (κ2) is 10.4. The first kappa shape index (κ1) is 18.8. The molecule has 132 valence electrons. The molecule has 1 aromatic rings. The van der Waals surface area contributed by atoms with Gasteiger partial charge >= 0.3 is 5.97 Å². The number of amides is 1. The van der Waals surface area contributed by atoms with E-state index in [4.69, 9.17) is 4.74 Å². The van der Waals surface area contributed by atoms with E-state index < -0.39 is 0 Å². The number of carbonyl (C=O) groups is 2. The molecule has 2 unspecified atom stereocenters. The molecule has 1 fully saturated rings. The summed E-state index contributed by atoms with van der Waals surface area (Å²) in [4.78, 5) is 24.3. The molecule has 0 aromatic heterocycles. The van der Waals surface area contributed by atoms with Crippen molar-refractivity contribution in [3.63, 3.8) is 0 Å². The molecule has 1 aliphatic rings. The van der Waals surface area contributed by atoms with Crippen LogP contribution in [0.2, 0.25) is 0 Å². The SMILES string of the molecule is CCOC(=O)C(CNC(=O)CC1CSCCN1)Cc1ccccc1. The lowest BCUT2D eigenvalue weighted by Gasteiger charge is -2.23. The minimum atomic E-state index is -0.356. The van der Waals surface area contributed by atoms with Gasteiger partial charge in [0.15, 0.2) is 0 Å². The maximum Gasteiger partial charge on any atom is 0.311 e. The fourth-order valence-electron chi connectivity index (χ4n) is 2.68. The molecule has 0 spiro atoms. The van der Waals surface area contributed by atoms with Crippen molar-refractivity contribution in [3.8, 4) is 0 Å². The number of hydrogen-bond donors (Lipinski definition) is 2. The number of rotatable bonds is 8. The molecule has 0 radical (unpaired) electrons. The van der Waals surface area contributed by atoms with Crippen LogP contribution in [-0.2, 0) is 20.7 Å². The van der Waals surface area contributed by atoms with Crippen LogP contribution in [0.1, 0.15) is 18.9 Å². The van der Waals surface area contributed by atoms with E-state index in [1.165, 1.54) is 0 Å². The third kappa shape index (κ3) is 6.53. The van der Waals surface area contributed by atoms with Crippen LogP contribution in [0.4, 0.5) is 0 Å². The highest BCUT2D eigenvalue weighted by atomic mass is 32.2. The van der Waals surface area contributed by atoms with Gasteiger partial charge in [-0.15, -0.1) is 0 Å². The van der Waals surface area contributed by atoms with Crippen LogP contribution in [0, 0.1) is 5.92 Å². The number of nitrogens with one attached hydrogen (secondary N) is 2. The fourth-order valence-corrected chi connectivity index (χ4v) is 3.63. The topological polar surface area (TPSA) is 67.4 Å². The molecule has 1 aliphatic heterocycles. The molecule has 2 atom stereocenters. The van der Waals surface area contributed by atoms with Crippen molar-refractivity contribution in [1.29, 1.82) is 0 Å². The Balaban J connectivity index is 1.85. The van der Waals surface area contributed by atoms with Gasteiger partial charge in [-0.25, -0.2) is 0 Å².